The topological polar surface area (TPSA) is 58.4 Å². The maximum absolute atomic E-state index is 11.1. The van der Waals surface area contributed by atoms with Crippen LogP contribution in [-0.2, 0) is 0 Å². The Balaban J connectivity index is 1.85. The van der Waals surface area contributed by atoms with E-state index < -0.39 is 0 Å². The van der Waals surface area contributed by atoms with Crippen LogP contribution < -0.4 is 10.2 Å². The maximum Gasteiger partial charge on any atom is 0.292 e. The molecule has 0 aliphatic carbocycles. The van der Waals surface area contributed by atoms with Crippen LogP contribution in [0.4, 0.5) is 11.4 Å². The van der Waals surface area contributed by atoms with Crippen LogP contribution in [0.2, 0.25) is 0 Å². The Morgan fingerprint density at radius 2 is 2.17 bits per heavy atom. The minimum atomic E-state index is -0.287. The average Bonchev–Trinajstić information content (AvgIpc) is 2.82. The molecular formula is C13H17N3O2. The summed E-state index contributed by atoms with van der Waals surface area (Å²) in [6, 6.07) is 7.54. The van der Waals surface area contributed by atoms with Crippen molar-refractivity contribution in [2.24, 2.45) is 5.92 Å². The SMILES string of the molecule is O=[N+]([O-])c1ccccc1N1C[C@@H]2CCCN[C@@H]2C1. The van der Waals surface area contributed by atoms with Crippen molar-refractivity contribution in [2.45, 2.75) is 18.9 Å². The molecule has 0 unspecified atom stereocenters. The number of nitro benzene ring substituents is 1. The smallest absolute Gasteiger partial charge is 0.292 e. The molecule has 0 aromatic heterocycles. The van der Waals surface area contributed by atoms with Crippen molar-refractivity contribution in [2.75, 3.05) is 24.5 Å². The van der Waals surface area contributed by atoms with Crippen LogP contribution in [0.1, 0.15) is 12.8 Å². The van der Waals surface area contributed by atoms with Gasteiger partial charge in [0.1, 0.15) is 5.69 Å². The van der Waals surface area contributed by atoms with Gasteiger partial charge in [0, 0.05) is 25.2 Å². The van der Waals surface area contributed by atoms with Crippen molar-refractivity contribution in [1.82, 2.24) is 5.32 Å². The van der Waals surface area contributed by atoms with Crippen LogP contribution in [0.5, 0.6) is 0 Å². The largest absolute Gasteiger partial charge is 0.364 e. The molecule has 0 bridgehead atoms. The van der Waals surface area contributed by atoms with E-state index in [4.69, 9.17) is 0 Å². The van der Waals surface area contributed by atoms with Gasteiger partial charge < -0.3 is 10.2 Å². The molecule has 1 aromatic carbocycles. The minimum absolute atomic E-state index is 0.219. The second-order valence-electron chi connectivity index (χ2n) is 5.11. The van der Waals surface area contributed by atoms with Crippen LogP contribution >= 0.6 is 0 Å². The fourth-order valence-corrected chi connectivity index (χ4v) is 3.13. The summed E-state index contributed by atoms with van der Waals surface area (Å²) in [7, 11) is 0. The molecule has 0 saturated carbocycles. The highest BCUT2D eigenvalue weighted by Gasteiger charge is 2.36. The van der Waals surface area contributed by atoms with E-state index in [1.807, 2.05) is 12.1 Å². The molecule has 2 aliphatic heterocycles. The third-order valence-corrected chi connectivity index (χ3v) is 4.02. The number of nitro groups is 1. The van der Waals surface area contributed by atoms with Gasteiger partial charge in [-0.1, -0.05) is 12.1 Å². The Labute approximate surface area is 106 Å². The quantitative estimate of drug-likeness (QED) is 0.639. The van der Waals surface area contributed by atoms with Gasteiger partial charge >= 0.3 is 0 Å². The van der Waals surface area contributed by atoms with E-state index in [0.29, 0.717) is 12.0 Å². The molecule has 96 valence electrons. The number of piperidine rings is 1. The predicted molar refractivity (Wildman–Crippen MR) is 69.8 cm³/mol. The number of rotatable bonds is 2. The Morgan fingerprint density at radius 1 is 1.33 bits per heavy atom. The summed E-state index contributed by atoms with van der Waals surface area (Å²) < 4.78 is 0. The molecule has 1 aromatic rings. The van der Waals surface area contributed by atoms with Crippen molar-refractivity contribution in [3.8, 4) is 0 Å². The van der Waals surface area contributed by atoms with Crippen molar-refractivity contribution in [1.29, 1.82) is 0 Å². The lowest BCUT2D eigenvalue weighted by Crippen LogP contribution is -2.40. The molecule has 0 amide bonds. The van der Waals surface area contributed by atoms with Gasteiger partial charge in [-0.15, -0.1) is 0 Å². The summed E-state index contributed by atoms with van der Waals surface area (Å²) in [5.74, 6) is 0.638. The summed E-state index contributed by atoms with van der Waals surface area (Å²) in [5, 5.41) is 14.6. The van der Waals surface area contributed by atoms with Gasteiger partial charge in [-0.25, -0.2) is 0 Å². The van der Waals surface area contributed by atoms with E-state index >= 15 is 0 Å². The van der Waals surface area contributed by atoms with Crippen molar-refractivity contribution >= 4 is 11.4 Å². The third-order valence-electron chi connectivity index (χ3n) is 4.02. The summed E-state index contributed by atoms with van der Waals surface area (Å²) in [6.07, 6.45) is 2.45. The first kappa shape index (κ1) is 11.5. The third kappa shape index (κ3) is 1.95. The fourth-order valence-electron chi connectivity index (χ4n) is 3.13. The average molecular weight is 247 g/mol. The monoisotopic (exact) mass is 247 g/mol. The van der Waals surface area contributed by atoms with Gasteiger partial charge in [-0.05, 0) is 31.4 Å². The van der Waals surface area contributed by atoms with Crippen LogP contribution in [0.15, 0.2) is 24.3 Å². The number of hydrogen-bond acceptors (Lipinski definition) is 4. The molecule has 0 spiro atoms. The first-order valence-electron chi connectivity index (χ1n) is 6.47. The number of anilines is 1. The number of nitrogens with one attached hydrogen (secondary N) is 1. The van der Waals surface area contributed by atoms with E-state index in [9.17, 15) is 10.1 Å². The van der Waals surface area contributed by atoms with Gasteiger partial charge in [0.05, 0.1) is 4.92 Å². The molecule has 5 nitrogen and oxygen atoms in total. The van der Waals surface area contributed by atoms with E-state index in [1.54, 1.807) is 12.1 Å². The summed E-state index contributed by atoms with van der Waals surface area (Å²) >= 11 is 0. The van der Waals surface area contributed by atoms with Crippen molar-refractivity contribution in [3.05, 3.63) is 34.4 Å². The molecule has 2 fully saturated rings. The number of para-hydroxylation sites is 2. The molecule has 18 heavy (non-hydrogen) atoms. The summed E-state index contributed by atoms with van der Waals surface area (Å²) in [5.41, 5.74) is 0.981. The van der Waals surface area contributed by atoms with Crippen LogP contribution in [0.3, 0.4) is 0 Å². The second-order valence-corrected chi connectivity index (χ2v) is 5.11. The Morgan fingerprint density at radius 3 is 2.94 bits per heavy atom. The highest BCUT2D eigenvalue weighted by Crippen LogP contribution is 2.34. The second kappa shape index (κ2) is 4.57. The molecular weight excluding hydrogens is 230 g/mol. The normalized spacial score (nSPS) is 27.0. The molecule has 2 heterocycles. The standard InChI is InChI=1S/C13H17N3O2/c17-16(18)13-6-2-1-5-12(13)15-8-10-4-3-7-14-11(10)9-15/h1-2,5-6,10-11,14H,3-4,7-9H2/t10-,11+/m0/s1. The Bertz CT molecular complexity index is 449. The van der Waals surface area contributed by atoms with E-state index in [1.165, 1.54) is 12.8 Å². The lowest BCUT2D eigenvalue weighted by molar-refractivity contribution is -0.384. The predicted octanol–water partition coefficient (Wildman–Crippen LogP) is 1.78. The number of fused-ring (bicyclic) bond motifs is 1. The van der Waals surface area contributed by atoms with Crippen molar-refractivity contribution < 1.29 is 4.92 Å². The zero-order valence-corrected chi connectivity index (χ0v) is 10.2. The molecule has 2 atom stereocenters. The zero-order chi connectivity index (χ0) is 12.5. The number of hydrogen-bond donors (Lipinski definition) is 1. The molecule has 1 N–H and O–H groups in total. The van der Waals surface area contributed by atoms with Crippen LogP contribution in [-0.4, -0.2) is 30.6 Å². The first-order valence-corrected chi connectivity index (χ1v) is 6.47. The highest BCUT2D eigenvalue weighted by atomic mass is 16.6. The van der Waals surface area contributed by atoms with Crippen LogP contribution in [0.25, 0.3) is 0 Å². The zero-order valence-electron chi connectivity index (χ0n) is 10.2. The maximum atomic E-state index is 11.1. The van der Waals surface area contributed by atoms with E-state index in [-0.39, 0.29) is 10.6 Å². The van der Waals surface area contributed by atoms with Gasteiger partial charge in [0.15, 0.2) is 0 Å². The lowest BCUT2D eigenvalue weighted by Gasteiger charge is -2.24. The summed E-state index contributed by atoms with van der Waals surface area (Å²) in [4.78, 5) is 12.9. The van der Waals surface area contributed by atoms with E-state index in [0.717, 1.165) is 25.3 Å². The fraction of sp³-hybridized carbons (Fsp3) is 0.538. The summed E-state index contributed by atoms with van der Waals surface area (Å²) in [6.45, 7) is 2.89. The molecule has 2 aliphatic rings. The van der Waals surface area contributed by atoms with Gasteiger partial charge in [-0.2, -0.15) is 0 Å². The molecule has 3 rings (SSSR count). The first-order chi connectivity index (χ1) is 8.75. The van der Waals surface area contributed by atoms with Gasteiger partial charge in [0.2, 0.25) is 0 Å². The van der Waals surface area contributed by atoms with Gasteiger partial charge in [0.25, 0.3) is 5.69 Å². The lowest BCUT2D eigenvalue weighted by atomic mass is 9.94. The number of nitrogens with zero attached hydrogens (tertiary/aromatic N) is 2. The highest BCUT2D eigenvalue weighted by molar-refractivity contribution is 5.63. The van der Waals surface area contributed by atoms with Gasteiger partial charge in [-0.3, -0.25) is 10.1 Å². The number of benzene rings is 1. The molecule has 2 saturated heterocycles. The van der Waals surface area contributed by atoms with Crippen LogP contribution in [0, 0.1) is 16.0 Å². The Kier molecular flexibility index (Phi) is 2.91. The molecule has 5 heteroatoms. The minimum Gasteiger partial charge on any atom is -0.364 e. The van der Waals surface area contributed by atoms with E-state index in [2.05, 4.69) is 10.2 Å². The molecule has 0 radical (unpaired) electrons. The van der Waals surface area contributed by atoms with Crippen molar-refractivity contribution in [3.63, 3.8) is 0 Å². The Hall–Kier alpha value is -1.62.